The normalized spacial score (nSPS) is 20.6. The van der Waals surface area contributed by atoms with Crippen molar-refractivity contribution in [3.63, 3.8) is 0 Å². The minimum atomic E-state index is -4.64. The molecule has 14 heteroatoms. The lowest BCUT2D eigenvalue weighted by molar-refractivity contribution is -0.146. The number of primary amides is 1. The number of carbonyl (C=O) groups excluding carboxylic acids is 5. The van der Waals surface area contributed by atoms with Crippen molar-refractivity contribution in [2.45, 2.75) is 90.1 Å². The van der Waals surface area contributed by atoms with Crippen molar-refractivity contribution in [3.05, 3.63) is 35.4 Å². The summed E-state index contributed by atoms with van der Waals surface area (Å²) in [7, 11) is 1.52. The van der Waals surface area contributed by atoms with Crippen LogP contribution in [0.5, 0.6) is 0 Å². The Kier molecular flexibility index (Phi) is 11.6. The average molecular weight is 640 g/mol. The van der Waals surface area contributed by atoms with Gasteiger partial charge in [-0.2, -0.15) is 13.2 Å². The van der Waals surface area contributed by atoms with Crippen LogP contribution in [0, 0.1) is 17.3 Å². The molecule has 1 aliphatic heterocycles. The van der Waals surface area contributed by atoms with Gasteiger partial charge in [-0.25, -0.2) is 4.79 Å². The summed E-state index contributed by atoms with van der Waals surface area (Å²) in [6, 6.07) is 2.71. The van der Waals surface area contributed by atoms with Gasteiger partial charge < -0.3 is 31.3 Å². The number of nitrogens with two attached hydrogens (primary N) is 1. The van der Waals surface area contributed by atoms with Crippen molar-refractivity contribution in [2.24, 2.45) is 23.0 Å². The molecule has 45 heavy (non-hydrogen) atoms. The average Bonchev–Trinajstić information content (AvgIpc) is 3.55. The molecule has 1 aliphatic carbocycles. The first kappa shape index (κ1) is 35.8. The molecule has 5 N–H and O–H groups in total. The topological polar surface area (TPSA) is 160 Å². The summed E-state index contributed by atoms with van der Waals surface area (Å²) in [4.78, 5) is 66.3. The first-order valence-electron chi connectivity index (χ1n) is 15.1. The number of benzene rings is 1. The Bertz CT molecular complexity index is 1240. The number of amides is 5. The molecular weight excluding hydrogens is 595 g/mol. The standard InChI is InChI=1S/C31H44F3N5O6/c1-17-11-13-39(24(17)27(42)36-21(25(40)26(35)41)10-12-31(32,33)34)28(43)23(20-14-18-8-6-7-9-19(18)15-20)38-29(44)37-22(16-45-5)30(2,3)4/h6-9,17,20-24H,10-16H2,1-5H3,(H2,35,41)(H,36,42)(H2,37,38,44)/t17-,21?,22?,23-,24?/m0/s1. The summed E-state index contributed by atoms with van der Waals surface area (Å²) in [6.07, 6.45) is -5.56. The molecule has 0 aromatic heterocycles. The molecule has 1 fully saturated rings. The van der Waals surface area contributed by atoms with Crippen molar-refractivity contribution in [3.8, 4) is 0 Å². The van der Waals surface area contributed by atoms with E-state index in [0.29, 0.717) is 19.3 Å². The number of likely N-dealkylation sites (tertiary alicyclic amines) is 1. The van der Waals surface area contributed by atoms with Crippen molar-refractivity contribution in [2.75, 3.05) is 20.3 Å². The highest BCUT2D eigenvalue weighted by Crippen LogP contribution is 2.32. The Morgan fingerprint density at radius 1 is 1.02 bits per heavy atom. The minimum Gasteiger partial charge on any atom is -0.383 e. The van der Waals surface area contributed by atoms with Gasteiger partial charge in [-0.15, -0.1) is 0 Å². The van der Waals surface area contributed by atoms with Crippen LogP contribution in [0.4, 0.5) is 18.0 Å². The lowest BCUT2D eigenvalue weighted by Crippen LogP contribution is -2.60. The van der Waals surface area contributed by atoms with Crippen LogP contribution < -0.4 is 21.7 Å². The van der Waals surface area contributed by atoms with Crippen LogP contribution in [0.3, 0.4) is 0 Å². The fourth-order valence-corrected chi connectivity index (χ4v) is 6.00. The van der Waals surface area contributed by atoms with Gasteiger partial charge in [0.15, 0.2) is 0 Å². The van der Waals surface area contributed by atoms with Gasteiger partial charge in [0.05, 0.1) is 18.7 Å². The molecule has 2 aliphatic rings. The second-order valence-corrected chi connectivity index (χ2v) is 13.1. The number of fused-ring (bicyclic) bond motifs is 1. The monoisotopic (exact) mass is 639 g/mol. The van der Waals surface area contributed by atoms with Gasteiger partial charge in [0.2, 0.25) is 17.6 Å². The van der Waals surface area contributed by atoms with Crippen LogP contribution in [0.2, 0.25) is 0 Å². The molecule has 1 heterocycles. The number of nitrogens with zero attached hydrogens (tertiary/aromatic N) is 1. The van der Waals surface area contributed by atoms with Crippen LogP contribution in [-0.4, -0.2) is 85.0 Å². The molecule has 1 aromatic rings. The van der Waals surface area contributed by atoms with Crippen molar-refractivity contribution >= 4 is 29.5 Å². The molecular formula is C31H44F3N5O6. The van der Waals surface area contributed by atoms with E-state index in [2.05, 4.69) is 16.0 Å². The number of halogens is 3. The van der Waals surface area contributed by atoms with Crippen LogP contribution in [-0.2, 0) is 36.8 Å². The summed E-state index contributed by atoms with van der Waals surface area (Å²) in [5, 5.41) is 8.00. The zero-order valence-electron chi connectivity index (χ0n) is 26.3. The third kappa shape index (κ3) is 9.41. The summed E-state index contributed by atoms with van der Waals surface area (Å²) < 4.78 is 44.1. The Labute approximate surface area is 261 Å². The highest BCUT2D eigenvalue weighted by Gasteiger charge is 2.46. The van der Waals surface area contributed by atoms with E-state index in [-0.39, 0.29) is 30.5 Å². The van der Waals surface area contributed by atoms with Crippen LogP contribution >= 0.6 is 0 Å². The fourth-order valence-electron chi connectivity index (χ4n) is 6.00. The minimum absolute atomic E-state index is 0.142. The summed E-state index contributed by atoms with van der Waals surface area (Å²) in [5.74, 6) is -5.01. The number of methoxy groups -OCH3 is 1. The molecule has 250 valence electrons. The molecule has 1 aromatic carbocycles. The largest absolute Gasteiger partial charge is 0.389 e. The number of nitrogens with one attached hydrogen (secondary N) is 3. The number of hydrogen-bond acceptors (Lipinski definition) is 6. The van der Waals surface area contributed by atoms with E-state index < -0.39 is 72.6 Å². The molecule has 11 nitrogen and oxygen atoms in total. The van der Waals surface area contributed by atoms with Gasteiger partial charge in [0.1, 0.15) is 12.1 Å². The van der Waals surface area contributed by atoms with E-state index in [4.69, 9.17) is 10.5 Å². The molecule has 0 radical (unpaired) electrons. The SMILES string of the molecule is COCC(NC(=O)N[C@H](C(=O)N1CC[C@H](C)C1C(=O)NC(CCC(F)(F)F)C(=O)C(N)=O)C1Cc2ccccc2C1)C(C)(C)C. The van der Waals surface area contributed by atoms with Crippen molar-refractivity contribution < 1.29 is 41.9 Å². The first-order valence-corrected chi connectivity index (χ1v) is 15.1. The van der Waals surface area contributed by atoms with Gasteiger partial charge in [-0.3, -0.25) is 19.2 Å². The number of carbonyl (C=O) groups is 5. The van der Waals surface area contributed by atoms with Crippen LogP contribution in [0.1, 0.15) is 58.1 Å². The highest BCUT2D eigenvalue weighted by molar-refractivity contribution is 6.37. The number of Topliss-reactive ketones (excluding diaryl/α,β-unsaturated/α-hetero) is 1. The predicted molar refractivity (Wildman–Crippen MR) is 159 cm³/mol. The Hall–Kier alpha value is -3.68. The maximum atomic E-state index is 14.3. The zero-order valence-corrected chi connectivity index (χ0v) is 26.3. The quantitative estimate of drug-likeness (QED) is 0.257. The molecule has 3 rings (SSSR count). The Morgan fingerprint density at radius 2 is 1.62 bits per heavy atom. The van der Waals surface area contributed by atoms with E-state index in [1.165, 1.54) is 12.0 Å². The van der Waals surface area contributed by atoms with E-state index in [9.17, 15) is 37.1 Å². The maximum absolute atomic E-state index is 14.3. The van der Waals surface area contributed by atoms with E-state index in [0.717, 1.165) is 11.1 Å². The molecule has 0 saturated carbocycles. The summed E-state index contributed by atoms with van der Waals surface area (Å²) in [5.41, 5.74) is 6.75. The van der Waals surface area contributed by atoms with Crippen molar-refractivity contribution in [1.29, 1.82) is 0 Å². The molecule has 0 spiro atoms. The lowest BCUT2D eigenvalue weighted by atomic mass is 9.87. The molecule has 0 bridgehead atoms. The Balaban J connectivity index is 1.87. The fraction of sp³-hybridized carbons (Fsp3) is 0.645. The molecule has 5 atom stereocenters. The number of hydrogen-bond donors (Lipinski definition) is 4. The van der Waals surface area contributed by atoms with E-state index in [1.54, 1.807) is 6.92 Å². The van der Waals surface area contributed by atoms with Crippen LogP contribution in [0.15, 0.2) is 24.3 Å². The van der Waals surface area contributed by atoms with Crippen LogP contribution in [0.25, 0.3) is 0 Å². The maximum Gasteiger partial charge on any atom is 0.389 e. The Morgan fingerprint density at radius 3 is 2.13 bits per heavy atom. The number of alkyl halides is 3. The number of rotatable bonds is 12. The van der Waals surface area contributed by atoms with Gasteiger partial charge >= 0.3 is 12.2 Å². The predicted octanol–water partition coefficient (Wildman–Crippen LogP) is 2.25. The number of urea groups is 1. The van der Waals surface area contributed by atoms with E-state index in [1.807, 2.05) is 45.0 Å². The van der Waals surface area contributed by atoms with Gasteiger partial charge in [-0.1, -0.05) is 52.0 Å². The third-order valence-electron chi connectivity index (χ3n) is 8.63. The van der Waals surface area contributed by atoms with Gasteiger partial charge in [0, 0.05) is 20.1 Å². The van der Waals surface area contributed by atoms with Gasteiger partial charge in [-0.05, 0) is 54.1 Å². The first-order chi connectivity index (χ1) is 20.9. The smallest absolute Gasteiger partial charge is 0.383 e. The molecule has 5 amide bonds. The number of ether oxygens (including phenoxy) is 1. The highest BCUT2D eigenvalue weighted by atomic mass is 19.4. The molecule has 3 unspecified atom stereocenters. The third-order valence-corrected chi connectivity index (χ3v) is 8.63. The van der Waals surface area contributed by atoms with Gasteiger partial charge in [0.25, 0.3) is 5.91 Å². The van der Waals surface area contributed by atoms with E-state index >= 15 is 0 Å². The second-order valence-electron chi connectivity index (χ2n) is 13.1. The summed E-state index contributed by atoms with van der Waals surface area (Å²) in [6.45, 7) is 7.89. The summed E-state index contributed by atoms with van der Waals surface area (Å²) >= 11 is 0. The second kappa shape index (κ2) is 14.6. The zero-order chi connectivity index (χ0) is 33.7. The van der Waals surface area contributed by atoms with Crippen molar-refractivity contribution in [1.82, 2.24) is 20.9 Å². The molecule has 1 saturated heterocycles. The lowest BCUT2D eigenvalue weighted by Gasteiger charge is -2.35. The number of ketones is 1.